The number of ketones is 1. The average molecular weight is 414 g/mol. The lowest BCUT2D eigenvalue weighted by atomic mass is 9.70. The molecule has 0 aromatic heterocycles. The van der Waals surface area contributed by atoms with Crippen LogP contribution >= 0.6 is 0 Å². The number of nitrogens with one attached hydrogen (secondary N) is 1. The smallest absolute Gasteiger partial charge is 0.265 e. The summed E-state index contributed by atoms with van der Waals surface area (Å²) in [5.41, 5.74) is -1.12. The summed E-state index contributed by atoms with van der Waals surface area (Å²) >= 11 is 0. The van der Waals surface area contributed by atoms with Crippen molar-refractivity contribution < 1.29 is 17.8 Å². The van der Waals surface area contributed by atoms with E-state index >= 15 is 0 Å². The van der Waals surface area contributed by atoms with Gasteiger partial charge in [0.05, 0.1) is 11.2 Å². The summed E-state index contributed by atoms with van der Waals surface area (Å²) in [6.07, 6.45) is 16.5. The van der Waals surface area contributed by atoms with Crippen LogP contribution in [0, 0.1) is 16.7 Å². The summed E-state index contributed by atoms with van der Waals surface area (Å²) in [5, 5.41) is 3.86. The van der Waals surface area contributed by atoms with Gasteiger partial charge in [-0.3, -0.25) is 9.35 Å². The summed E-state index contributed by atoms with van der Waals surface area (Å²) in [5.74, 6) is -0.101. The largest absolute Gasteiger partial charge is 0.311 e. The Morgan fingerprint density at radius 1 is 0.929 bits per heavy atom. The molecule has 4 aliphatic rings. The molecule has 0 saturated heterocycles. The third kappa shape index (κ3) is 4.81. The highest BCUT2D eigenvalue weighted by molar-refractivity contribution is 7.85. The summed E-state index contributed by atoms with van der Waals surface area (Å²) < 4.78 is 31.0. The molecule has 5 nitrogen and oxygen atoms in total. The van der Waals surface area contributed by atoms with Gasteiger partial charge in [0.25, 0.3) is 10.1 Å². The number of Topliss-reactive ketones (excluding diaryl/α,β-unsaturated/α-hetero) is 1. The maximum Gasteiger partial charge on any atom is 0.265 e. The fraction of sp³-hybridized carbons (Fsp3) is 0.955. The molecule has 6 heteroatoms. The van der Waals surface area contributed by atoms with E-state index in [-0.39, 0.29) is 17.1 Å². The third-order valence-corrected chi connectivity index (χ3v) is 9.11. The molecule has 28 heavy (non-hydrogen) atoms. The predicted molar refractivity (Wildman–Crippen MR) is 112 cm³/mol. The molecule has 0 unspecified atom stereocenters. The lowest BCUT2D eigenvalue weighted by molar-refractivity contribution is -0.128. The Balaban J connectivity index is 0.000000162. The maximum absolute atomic E-state index is 11.9. The van der Waals surface area contributed by atoms with Crippen molar-refractivity contribution in [2.45, 2.75) is 109 Å². The van der Waals surface area contributed by atoms with E-state index in [1.807, 2.05) is 13.8 Å². The normalized spacial score (nSPS) is 33.5. The molecular weight excluding hydrogens is 374 g/mol. The zero-order valence-corrected chi connectivity index (χ0v) is 18.5. The second kappa shape index (κ2) is 8.73. The van der Waals surface area contributed by atoms with Crippen molar-refractivity contribution in [1.29, 1.82) is 0 Å². The van der Waals surface area contributed by atoms with Crippen molar-refractivity contribution in [2.75, 3.05) is 5.75 Å². The fourth-order valence-corrected chi connectivity index (χ4v) is 7.59. The molecule has 4 rings (SSSR count). The first-order chi connectivity index (χ1) is 13.1. The zero-order valence-electron chi connectivity index (χ0n) is 17.7. The van der Waals surface area contributed by atoms with Gasteiger partial charge in [0.2, 0.25) is 0 Å². The highest BCUT2D eigenvalue weighted by Crippen LogP contribution is 2.64. The van der Waals surface area contributed by atoms with Crippen LogP contribution in [0.1, 0.15) is 97.3 Å². The molecule has 0 spiro atoms. The van der Waals surface area contributed by atoms with Crippen molar-refractivity contribution in [3.05, 3.63) is 0 Å². The summed E-state index contributed by atoms with van der Waals surface area (Å²) in [4.78, 5) is 11.9. The number of carbonyl (C=O) groups excluding carboxylic acids is 1. The number of hydrogen-bond acceptors (Lipinski definition) is 4. The van der Waals surface area contributed by atoms with Crippen LogP contribution < -0.4 is 5.32 Å². The van der Waals surface area contributed by atoms with Gasteiger partial charge < -0.3 is 5.32 Å². The Morgan fingerprint density at radius 3 is 1.79 bits per heavy atom. The molecule has 0 heterocycles. The summed E-state index contributed by atoms with van der Waals surface area (Å²) in [6.45, 7) is 3.89. The summed E-state index contributed by atoms with van der Waals surface area (Å²) in [7, 11) is -4.08. The van der Waals surface area contributed by atoms with E-state index in [9.17, 15) is 13.2 Å². The maximum atomic E-state index is 11.9. The van der Waals surface area contributed by atoms with Gasteiger partial charge in [0.1, 0.15) is 5.78 Å². The fourth-order valence-electron chi connectivity index (χ4n) is 6.29. The van der Waals surface area contributed by atoms with Gasteiger partial charge in [-0.1, -0.05) is 52.4 Å². The van der Waals surface area contributed by atoms with Gasteiger partial charge >= 0.3 is 0 Å². The quantitative estimate of drug-likeness (QED) is 0.663. The minimum Gasteiger partial charge on any atom is -0.311 e. The first-order valence-electron chi connectivity index (χ1n) is 11.4. The van der Waals surface area contributed by atoms with Crippen LogP contribution in [0.5, 0.6) is 0 Å². The van der Waals surface area contributed by atoms with Crippen LogP contribution in [0.2, 0.25) is 0 Å². The Labute approximate surface area is 171 Å². The lowest BCUT2D eigenvalue weighted by Gasteiger charge is -2.35. The van der Waals surface area contributed by atoms with Crippen molar-refractivity contribution in [3.63, 3.8) is 0 Å². The van der Waals surface area contributed by atoms with Crippen molar-refractivity contribution in [1.82, 2.24) is 5.32 Å². The molecule has 2 atom stereocenters. The Kier molecular flexibility index (Phi) is 6.93. The molecule has 0 aromatic carbocycles. The molecule has 4 aliphatic carbocycles. The number of carbonyl (C=O) groups is 1. The Morgan fingerprint density at radius 2 is 1.43 bits per heavy atom. The minimum atomic E-state index is -4.08. The van der Waals surface area contributed by atoms with E-state index in [1.54, 1.807) is 0 Å². The van der Waals surface area contributed by atoms with Gasteiger partial charge in [-0.15, -0.1) is 0 Å². The number of fused-ring (bicyclic) bond motifs is 2. The van der Waals surface area contributed by atoms with Gasteiger partial charge in [0, 0.05) is 18.5 Å². The van der Waals surface area contributed by atoms with Gasteiger partial charge in [-0.25, -0.2) is 0 Å². The lowest BCUT2D eigenvalue weighted by Crippen LogP contribution is -2.42. The van der Waals surface area contributed by atoms with Crippen molar-refractivity contribution in [3.8, 4) is 0 Å². The first kappa shape index (κ1) is 22.2. The molecule has 2 bridgehead atoms. The Hall–Kier alpha value is -0.460. The standard InChI is InChI=1S/C12H23N.C10H16O4S/c1-3-7-11(8-4-1)13-12-9-5-2-6-10-12;1-9(2)7-3-4-10(9,8(11)5-7)6-15(12,13)14/h11-13H,1-10H2;7H,3-6H2,1-2H3,(H,12,13,14)/t;7-,10-/m.1/s1. The highest BCUT2D eigenvalue weighted by atomic mass is 32.2. The molecule has 0 radical (unpaired) electrons. The average Bonchev–Trinajstić information content (AvgIpc) is 2.97. The van der Waals surface area contributed by atoms with Gasteiger partial charge in [-0.2, -0.15) is 8.42 Å². The molecule has 0 aromatic rings. The van der Waals surface area contributed by atoms with E-state index in [2.05, 4.69) is 5.32 Å². The highest BCUT2D eigenvalue weighted by Gasteiger charge is 2.65. The van der Waals surface area contributed by atoms with Crippen LogP contribution in [-0.2, 0) is 14.9 Å². The Bertz CT molecular complexity index is 631. The second-order valence-corrected chi connectivity index (χ2v) is 11.7. The van der Waals surface area contributed by atoms with Crippen LogP contribution in [0.3, 0.4) is 0 Å². The molecule has 4 saturated carbocycles. The topological polar surface area (TPSA) is 83.5 Å². The van der Waals surface area contributed by atoms with Gasteiger partial charge in [-0.05, 0) is 49.9 Å². The van der Waals surface area contributed by atoms with Gasteiger partial charge in [0.15, 0.2) is 0 Å². The monoisotopic (exact) mass is 413 g/mol. The predicted octanol–water partition coefficient (Wildman–Crippen LogP) is 4.51. The SMILES string of the molecule is C1CCC(NC2CCCCC2)CC1.CC1(C)[C@@H]2CC[C@@]1(CS(=O)(=O)O)C(=O)C2. The molecule has 0 aliphatic heterocycles. The minimum absolute atomic E-state index is 0.0152. The van der Waals surface area contributed by atoms with Crippen LogP contribution in [0.4, 0.5) is 0 Å². The number of hydrogen-bond donors (Lipinski definition) is 2. The van der Waals surface area contributed by atoms with Crippen LogP contribution in [-0.4, -0.2) is 36.6 Å². The molecule has 0 amide bonds. The molecular formula is C22H39NO4S. The zero-order chi connectivity index (χ0) is 20.4. The first-order valence-corrected chi connectivity index (χ1v) is 13.0. The van der Waals surface area contributed by atoms with Crippen LogP contribution in [0.25, 0.3) is 0 Å². The third-order valence-electron chi connectivity index (χ3n) is 8.25. The van der Waals surface area contributed by atoms with E-state index in [0.717, 1.165) is 18.5 Å². The number of rotatable bonds is 4. The van der Waals surface area contributed by atoms with Crippen LogP contribution in [0.15, 0.2) is 0 Å². The van der Waals surface area contributed by atoms with Crippen molar-refractivity contribution >= 4 is 15.9 Å². The van der Waals surface area contributed by atoms with E-state index in [0.29, 0.717) is 12.8 Å². The molecule has 4 fully saturated rings. The summed E-state index contributed by atoms with van der Waals surface area (Å²) in [6, 6.07) is 1.74. The van der Waals surface area contributed by atoms with Crippen molar-refractivity contribution in [2.24, 2.45) is 16.7 Å². The van der Waals surface area contributed by atoms with E-state index < -0.39 is 21.3 Å². The van der Waals surface area contributed by atoms with E-state index in [1.165, 1.54) is 64.2 Å². The second-order valence-electron chi connectivity index (χ2n) is 10.2. The molecule has 2 N–H and O–H groups in total. The molecule has 162 valence electrons. The van der Waals surface area contributed by atoms with E-state index in [4.69, 9.17) is 4.55 Å².